The Labute approximate surface area is 130 Å². The molecule has 0 saturated carbocycles. The first-order valence-electron chi connectivity index (χ1n) is 6.82. The number of pyridine rings is 1. The Kier molecular flexibility index (Phi) is 5.03. The highest BCUT2D eigenvalue weighted by Crippen LogP contribution is 2.60. The highest BCUT2D eigenvalue weighted by atomic mass is 31.2. The molecule has 2 rings (SSSR count). The van der Waals surface area contributed by atoms with Gasteiger partial charge in [0.25, 0.3) is 0 Å². The molecule has 5 nitrogen and oxygen atoms in total. The van der Waals surface area contributed by atoms with Crippen molar-refractivity contribution in [3.05, 3.63) is 54.9 Å². The van der Waals surface area contributed by atoms with Crippen molar-refractivity contribution in [2.75, 3.05) is 13.3 Å². The van der Waals surface area contributed by atoms with E-state index in [1.54, 1.807) is 10.8 Å². The van der Waals surface area contributed by atoms with E-state index in [1.165, 1.54) is 0 Å². The molecule has 1 aromatic heterocycles. The fraction of sp³-hybridized carbons (Fsp3) is 0.267. The van der Waals surface area contributed by atoms with Crippen LogP contribution in [0.4, 0.5) is 0 Å². The average molecular weight is 340 g/mol. The minimum Gasteiger partial charge on any atom is -0.344 e. The maximum absolute atomic E-state index is 11.9. The van der Waals surface area contributed by atoms with Crippen LogP contribution in [-0.2, 0) is 15.7 Å². The Bertz CT molecular complexity index is 714. The number of aromatic nitrogens is 1. The number of benzene rings is 1. The maximum Gasteiger partial charge on any atom is 0.216 e. The fourth-order valence-electron chi connectivity index (χ4n) is 2.33. The molecule has 22 heavy (non-hydrogen) atoms. The van der Waals surface area contributed by atoms with E-state index in [9.17, 15) is 18.9 Å². The molecule has 0 bridgehead atoms. The molecule has 2 unspecified atom stereocenters. The molecule has 2 atom stereocenters. The van der Waals surface area contributed by atoms with Crippen molar-refractivity contribution in [2.24, 2.45) is 0 Å². The van der Waals surface area contributed by atoms with Gasteiger partial charge in [0.05, 0.1) is 0 Å². The lowest BCUT2D eigenvalue weighted by Crippen LogP contribution is -2.39. The molecule has 0 aliphatic carbocycles. The van der Waals surface area contributed by atoms with Crippen molar-refractivity contribution in [2.45, 2.75) is 11.9 Å². The van der Waals surface area contributed by atoms with Crippen molar-refractivity contribution in [3.8, 4) is 11.1 Å². The molecule has 0 saturated heterocycles. The Morgan fingerprint density at radius 2 is 1.50 bits per heavy atom. The van der Waals surface area contributed by atoms with E-state index in [-0.39, 0.29) is 6.54 Å². The van der Waals surface area contributed by atoms with E-state index in [0.717, 1.165) is 24.5 Å². The van der Waals surface area contributed by atoms with Crippen molar-refractivity contribution in [1.29, 1.82) is 0 Å². The minimum atomic E-state index is -3.68. The lowest BCUT2D eigenvalue weighted by molar-refractivity contribution is -0.694. The number of nitrogens with zero attached hydrogens (tertiary/aromatic N) is 1. The summed E-state index contributed by atoms with van der Waals surface area (Å²) < 4.78 is 25.5. The summed E-state index contributed by atoms with van der Waals surface area (Å²) in [4.78, 5) is 19.5. The Morgan fingerprint density at radius 1 is 0.955 bits per heavy atom. The van der Waals surface area contributed by atoms with E-state index < -0.39 is 20.1 Å². The molecule has 2 N–H and O–H groups in total. The molecule has 7 heteroatoms. The molecule has 0 amide bonds. The standard InChI is InChI=1S/C15H19NO4P2/c1-21(17,18)15(22(2,19)20)12-16-10-6-9-14(11-16)13-7-4-3-5-8-13/h3-11,15H,12H2,1-2H3,(H-,17,18,19,20)/p+1. The van der Waals surface area contributed by atoms with Gasteiger partial charge in [-0.25, -0.2) is 4.57 Å². The van der Waals surface area contributed by atoms with Crippen LogP contribution >= 0.6 is 14.7 Å². The van der Waals surface area contributed by atoms with Gasteiger partial charge in [-0.05, 0) is 11.6 Å². The normalized spacial score (nSPS) is 18.2. The van der Waals surface area contributed by atoms with Crippen LogP contribution in [0.2, 0.25) is 0 Å². The summed E-state index contributed by atoms with van der Waals surface area (Å²) in [5, 5.41) is -1.17. The molecule has 1 heterocycles. The van der Waals surface area contributed by atoms with E-state index in [0.29, 0.717) is 0 Å². The van der Waals surface area contributed by atoms with Gasteiger partial charge in [-0.2, -0.15) is 0 Å². The van der Waals surface area contributed by atoms with Gasteiger partial charge in [0.2, 0.25) is 14.7 Å². The van der Waals surface area contributed by atoms with E-state index in [4.69, 9.17) is 0 Å². The lowest BCUT2D eigenvalue weighted by atomic mass is 10.1. The maximum atomic E-state index is 11.9. The first kappa shape index (κ1) is 17.1. The third-order valence-corrected chi connectivity index (χ3v) is 8.56. The quantitative estimate of drug-likeness (QED) is 0.648. The van der Waals surface area contributed by atoms with Gasteiger partial charge in [0.15, 0.2) is 24.3 Å². The summed E-state index contributed by atoms with van der Waals surface area (Å²) in [7, 11) is -7.37. The second-order valence-corrected chi connectivity index (χ2v) is 10.9. The number of hydrogen-bond donors (Lipinski definition) is 2. The van der Waals surface area contributed by atoms with Crippen molar-refractivity contribution < 1.29 is 23.5 Å². The van der Waals surface area contributed by atoms with Crippen molar-refractivity contribution in [1.82, 2.24) is 0 Å². The molecule has 0 fully saturated rings. The summed E-state index contributed by atoms with van der Waals surface area (Å²) in [5.74, 6) is 0. The van der Waals surface area contributed by atoms with Crippen LogP contribution in [0.5, 0.6) is 0 Å². The number of hydrogen-bond acceptors (Lipinski definition) is 2. The summed E-state index contributed by atoms with van der Waals surface area (Å²) in [6.45, 7) is 2.28. The predicted octanol–water partition coefficient (Wildman–Crippen LogP) is 2.77. The highest BCUT2D eigenvalue weighted by Gasteiger charge is 2.41. The molecule has 2 aromatic rings. The smallest absolute Gasteiger partial charge is 0.216 e. The Morgan fingerprint density at radius 3 is 2.05 bits per heavy atom. The van der Waals surface area contributed by atoms with Gasteiger partial charge in [0, 0.05) is 25.0 Å². The second-order valence-electron chi connectivity index (χ2n) is 5.52. The topological polar surface area (TPSA) is 78.5 Å². The van der Waals surface area contributed by atoms with Crippen LogP contribution in [0, 0.1) is 0 Å². The predicted molar refractivity (Wildman–Crippen MR) is 87.4 cm³/mol. The van der Waals surface area contributed by atoms with Crippen LogP contribution in [0.1, 0.15) is 0 Å². The second kappa shape index (κ2) is 6.47. The van der Waals surface area contributed by atoms with E-state index in [2.05, 4.69) is 0 Å². The van der Waals surface area contributed by atoms with E-state index >= 15 is 0 Å². The largest absolute Gasteiger partial charge is 0.344 e. The summed E-state index contributed by atoms with van der Waals surface area (Å²) >= 11 is 0. The van der Waals surface area contributed by atoms with Crippen LogP contribution < -0.4 is 4.57 Å². The molecule has 0 spiro atoms. The Balaban J connectivity index is 2.34. The zero-order chi connectivity index (χ0) is 16.4. The van der Waals surface area contributed by atoms with Gasteiger partial charge in [-0.15, -0.1) is 0 Å². The highest BCUT2D eigenvalue weighted by molar-refractivity contribution is 7.75. The Hall–Kier alpha value is -1.25. The monoisotopic (exact) mass is 340 g/mol. The third-order valence-electron chi connectivity index (χ3n) is 3.45. The van der Waals surface area contributed by atoms with Gasteiger partial charge in [-0.3, -0.25) is 9.13 Å². The van der Waals surface area contributed by atoms with Crippen LogP contribution in [-0.4, -0.2) is 28.5 Å². The molecule has 118 valence electrons. The third kappa shape index (κ3) is 4.37. The molecule has 1 aromatic carbocycles. The molecule has 0 aliphatic heterocycles. The summed E-state index contributed by atoms with van der Waals surface area (Å²) in [6.07, 6.45) is 3.54. The van der Waals surface area contributed by atoms with Crippen LogP contribution in [0.25, 0.3) is 11.1 Å². The van der Waals surface area contributed by atoms with Gasteiger partial charge >= 0.3 is 0 Å². The first-order valence-corrected chi connectivity index (χ1v) is 11.2. The van der Waals surface area contributed by atoms with Crippen LogP contribution in [0.3, 0.4) is 0 Å². The van der Waals surface area contributed by atoms with Crippen molar-refractivity contribution >= 4 is 14.7 Å². The van der Waals surface area contributed by atoms with Gasteiger partial charge in [0.1, 0.15) is 0 Å². The SMILES string of the molecule is CP(=O)(O)C(C[n+]1cccc(-c2ccccc2)c1)P(C)(=O)O. The number of rotatable bonds is 5. The van der Waals surface area contributed by atoms with Crippen LogP contribution in [0.15, 0.2) is 54.9 Å². The minimum absolute atomic E-state index is 0.0230. The molecular formula is C15H20NO4P2+. The van der Waals surface area contributed by atoms with Gasteiger partial charge in [-0.1, -0.05) is 30.3 Å². The van der Waals surface area contributed by atoms with E-state index in [1.807, 2.05) is 48.7 Å². The first-order chi connectivity index (χ1) is 10.2. The summed E-state index contributed by atoms with van der Waals surface area (Å²) in [6, 6.07) is 13.4. The zero-order valence-corrected chi connectivity index (χ0v) is 14.3. The average Bonchev–Trinajstić information content (AvgIpc) is 2.44. The van der Waals surface area contributed by atoms with Crippen molar-refractivity contribution in [3.63, 3.8) is 0 Å². The fourth-order valence-corrected chi connectivity index (χ4v) is 6.49. The molecule has 0 radical (unpaired) electrons. The lowest BCUT2D eigenvalue weighted by Gasteiger charge is -2.19. The van der Waals surface area contributed by atoms with Gasteiger partial charge < -0.3 is 9.79 Å². The zero-order valence-electron chi connectivity index (χ0n) is 12.5. The molecule has 0 aliphatic rings. The summed E-state index contributed by atoms with van der Waals surface area (Å²) in [5.41, 5.74) is 1.95. The molecular weight excluding hydrogens is 320 g/mol.